The Morgan fingerprint density at radius 1 is 0.569 bits per heavy atom. The average Bonchev–Trinajstić information content (AvgIpc) is 3.51. The van der Waals surface area contributed by atoms with Gasteiger partial charge in [-0.25, -0.2) is 14.5 Å². The number of rotatable bonds is 4. The minimum atomic E-state index is -1.49. The third-order valence-electron chi connectivity index (χ3n) is 9.54. The average molecular weight is 964 g/mol. The standard InChI is InChI=1S/C20H19BN2O2.C14H7ClN2.C7H6BNO2.C7H3BrClN.2CH4/c1-19(2)20(3,4)25-21(24-19)17-10-14(13-22)9-16(11-17)15-7-6-8-18(12-15)23-5;1-17-14-4-2-3-11(8-14)12-5-10(9-16)6-13(15)7-12;1-9-7-4-2-3-6(5-7)8(10)11;8-6-1-5(4-10)2-7(9)3-6;;/h6-12H,1-4H3;2-8H;2-5,10-11H;1-3H;2*1H4. The minimum absolute atomic E-state index is 0. The molecule has 0 radical (unpaired) electrons. The van der Waals surface area contributed by atoms with Gasteiger partial charge in [0.2, 0.25) is 0 Å². The molecular weight excluding hydrogens is 921 g/mol. The fraction of sp³-hybridized carbons (Fsp3) is 0.160. The summed E-state index contributed by atoms with van der Waals surface area (Å²) in [6.45, 7) is 28.8. The van der Waals surface area contributed by atoms with E-state index in [0.29, 0.717) is 49.3 Å². The summed E-state index contributed by atoms with van der Waals surface area (Å²) in [4.78, 5) is 9.99. The maximum absolute atomic E-state index is 9.40. The molecule has 0 aliphatic carbocycles. The molecule has 0 atom stereocenters. The summed E-state index contributed by atoms with van der Waals surface area (Å²) in [5, 5.41) is 45.2. The fourth-order valence-electron chi connectivity index (χ4n) is 5.70. The molecule has 0 spiro atoms. The molecule has 1 saturated heterocycles. The zero-order chi connectivity index (χ0) is 46.3. The molecule has 65 heavy (non-hydrogen) atoms. The molecule has 6 aromatic carbocycles. The van der Waals surface area contributed by atoms with Gasteiger partial charge in [0.15, 0.2) is 17.1 Å². The largest absolute Gasteiger partial charge is 0.494 e. The number of benzene rings is 6. The fourth-order valence-corrected chi connectivity index (χ4v) is 6.80. The van der Waals surface area contributed by atoms with Crippen molar-refractivity contribution in [3.63, 3.8) is 0 Å². The van der Waals surface area contributed by atoms with Crippen molar-refractivity contribution in [2.24, 2.45) is 0 Å². The Labute approximate surface area is 401 Å². The van der Waals surface area contributed by atoms with E-state index < -0.39 is 25.4 Å². The van der Waals surface area contributed by atoms with Crippen LogP contribution in [0.1, 0.15) is 59.2 Å². The zero-order valence-corrected chi connectivity index (χ0v) is 37.4. The van der Waals surface area contributed by atoms with Crippen LogP contribution in [0.15, 0.2) is 132 Å². The highest BCUT2D eigenvalue weighted by Crippen LogP contribution is 2.37. The molecule has 6 aromatic rings. The Bertz CT molecular complexity index is 2850. The van der Waals surface area contributed by atoms with Gasteiger partial charge < -0.3 is 19.4 Å². The van der Waals surface area contributed by atoms with Gasteiger partial charge in [0, 0.05) is 14.5 Å². The molecule has 324 valence electrons. The molecule has 1 fully saturated rings. The molecule has 10 nitrogen and oxygen atoms in total. The van der Waals surface area contributed by atoms with Gasteiger partial charge in [-0.2, -0.15) is 15.8 Å². The molecule has 1 aliphatic rings. The van der Waals surface area contributed by atoms with Crippen LogP contribution >= 0.6 is 39.1 Å². The van der Waals surface area contributed by atoms with Crippen molar-refractivity contribution in [1.82, 2.24) is 0 Å². The van der Waals surface area contributed by atoms with Gasteiger partial charge in [0.1, 0.15) is 0 Å². The lowest BCUT2D eigenvalue weighted by atomic mass is 9.77. The van der Waals surface area contributed by atoms with E-state index in [-0.39, 0.29) is 14.9 Å². The first-order chi connectivity index (χ1) is 29.9. The predicted octanol–water partition coefficient (Wildman–Crippen LogP) is 12.7. The quantitative estimate of drug-likeness (QED) is 0.132. The highest BCUT2D eigenvalue weighted by Gasteiger charge is 2.51. The van der Waals surface area contributed by atoms with Crippen molar-refractivity contribution >= 4 is 81.4 Å². The molecule has 0 amide bonds. The first kappa shape index (κ1) is 54.4. The molecule has 0 saturated carbocycles. The van der Waals surface area contributed by atoms with Gasteiger partial charge in [0.05, 0.1) is 65.8 Å². The smallest absolute Gasteiger partial charge is 0.423 e. The summed E-state index contributed by atoms with van der Waals surface area (Å²) in [5.41, 5.74) is 6.94. The van der Waals surface area contributed by atoms with Crippen LogP contribution in [0.5, 0.6) is 0 Å². The van der Waals surface area contributed by atoms with Gasteiger partial charge in [-0.3, -0.25) is 0 Å². The van der Waals surface area contributed by atoms with E-state index in [9.17, 15) is 5.26 Å². The Morgan fingerprint density at radius 2 is 0.985 bits per heavy atom. The van der Waals surface area contributed by atoms with Gasteiger partial charge in [-0.05, 0) is 122 Å². The minimum Gasteiger partial charge on any atom is -0.423 e. The van der Waals surface area contributed by atoms with E-state index in [0.717, 1.165) is 32.2 Å². The van der Waals surface area contributed by atoms with Crippen LogP contribution in [0, 0.1) is 53.7 Å². The highest BCUT2D eigenvalue weighted by atomic mass is 79.9. The molecule has 2 N–H and O–H groups in total. The van der Waals surface area contributed by atoms with Crippen LogP contribution in [0.2, 0.25) is 10.0 Å². The van der Waals surface area contributed by atoms with E-state index in [4.69, 9.17) is 72.8 Å². The lowest BCUT2D eigenvalue weighted by Crippen LogP contribution is -2.41. The van der Waals surface area contributed by atoms with Crippen molar-refractivity contribution in [2.45, 2.75) is 53.8 Å². The third-order valence-corrected chi connectivity index (χ3v) is 10.4. The first-order valence-electron chi connectivity index (χ1n) is 18.7. The summed E-state index contributed by atoms with van der Waals surface area (Å²) in [5.74, 6) is 0. The number of hydrogen-bond acceptors (Lipinski definition) is 7. The Kier molecular flexibility index (Phi) is 20.9. The van der Waals surface area contributed by atoms with Crippen LogP contribution in [0.25, 0.3) is 36.8 Å². The van der Waals surface area contributed by atoms with Crippen molar-refractivity contribution in [3.05, 3.63) is 193 Å². The molecule has 0 unspecified atom stereocenters. The van der Waals surface area contributed by atoms with Gasteiger partial charge in [0.25, 0.3) is 0 Å². The summed E-state index contributed by atoms with van der Waals surface area (Å²) in [7, 11) is -2.02. The maximum atomic E-state index is 9.40. The van der Waals surface area contributed by atoms with E-state index in [1.807, 2.05) is 76.2 Å². The van der Waals surface area contributed by atoms with Crippen LogP contribution in [-0.4, -0.2) is 35.5 Å². The highest BCUT2D eigenvalue weighted by molar-refractivity contribution is 9.10. The van der Waals surface area contributed by atoms with Gasteiger partial charge in [-0.1, -0.05) is 121 Å². The Balaban J connectivity index is 0.000000316. The lowest BCUT2D eigenvalue weighted by molar-refractivity contribution is 0.00578. The van der Waals surface area contributed by atoms with E-state index >= 15 is 0 Å². The number of nitriles is 3. The summed E-state index contributed by atoms with van der Waals surface area (Å²) < 4.78 is 13.0. The Morgan fingerprint density at radius 3 is 1.43 bits per heavy atom. The summed E-state index contributed by atoms with van der Waals surface area (Å²) >= 11 is 14.8. The second kappa shape index (κ2) is 25.0. The number of halogens is 3. The van der Waals surface area contributed by atoms with Crippen molar-refractivity contribution < 1.29 is 19.4 Å². The molecule has 7 rings (SSSR count). The van der Waals surface area contributed by atoms with Crippen LogP contribution in [-0.2, 0) is 9.31 Å². The van der Waals surface area contributed by atoms with Crippen molar-refractivity contribution in [3.8, 4) is 40.5 Å². The van der Waals surface area contributed by atoms with E-state index in [2.05, 4.69) is 42.6 Å². The van der Waals surface area contributed by atoms with Crippen LogP contribution in [0.4, 0.5) is 17.1 Å². The van der Waals surface area contributed by atoms with Gasteiger partial charge >= 0.3 is 14.2 Å². The lowest BCUT2D eigenvalue weighted by Gasteiger charge is -2.32. The normalized spacial score (nSPS) is 12.1. The topological polar surface area (TPSA) is 143 Å². The SMILES string of the molecule is C.C.N#Cc1cc(Cl)cc(Br)c1.[C-]#[N+]c1cccc(-c2cc(C#N)cc(B3OC(C)(C)C(C)(C)O3)c2)c1.[C-]#[N+]c1cccc(-c2cc(Cl)cc(C#N)c2)c1.[C-]#[N+]c1cccc(B(O)O)c1. The van der Waals surface area contributed by atoms with E-state index in [1.54, 1.807) is 78.9 Å². The third kappa shape index (κ3) is 15.5. The molecule has 0 aromatic heterocycles. The first-order valence-corrected chi connectivity index (χ1v) is 20.3. The Hall–Kier alpha value is -6.71. The maximum Gasteiger partial charge on any atom is 0.494 e. The molecule has 0 bridgehead atoms. The molecular formula is C50H43B2BrCl2N6O4. The number of nitrogens with zero attached hydrogens (tertiary/aromatic N) is 6. The summed E-state index contributed by atoms with van der Waals surface area (Å²) in [6, 6.07) is 42.9. The van der Waals surface area contributed by atoms with Crippen LogP contribution in [0.3, 0.4) is 0 Å². The zero-order valence-electron chi connectivity index (χ0n) is 34.3. The van der Waals surface area contributed by atoms with E-state index in [1.165, 1.54) is 6.07 Å². The molecule has 15 heteroatoms. The molecule has 1 heterocycles. The monoisotopic (exact) mass is 962 g/mol. The number of hydrogen-bond donors (Lipinski definition) is 2. The van der Waals surface area contributed by atoms with Crippen LogP contribution < -0.4 is 10.9 Å². The summed E-state index contributed by atoms with van der Waals surface area (Å²) in [6.07, 6.45) is 0. The van der Waals surface area contributed by atoms with Crippen molar-refractivity contribution in [2.75, 3.05) is 0 Å². The molecule has 1 aliphatic heterocycles. The predicted molar refractivity (Wildman–Crippen MR) is 266 cm³/mol. The van der Waals surface area contributed by atoms with Gasteiger partial charge in [-0.15, -0.1) is 0 Å². The second-order valence-corrected chi connectivity index (χ2v) is 16.3. The second-order valence-electron chi connectivity index (χ2n) is 14.6. The van der Waals surface area contributed by atoms with Crippen molar-refractivity contribution in [1.29, 1.82) is 15.8 Å².